The van der Waals surface area contributed by atoms with Gasteiger partial charge < -0.3 is 10.6 Å². The molecule has 0 saturated heterocycles. The molecule has 0 spiro atoms. The average Bonchev–Trinajstić information content (AvgIpc) is 3.01. The van der Waals surface area contributed by atoms with Crippen molar-refractivity contribution in [1.29, 1.82) is 0 Å². The van der Waals surface area contributed by atoms with E-state index in [0.29, 0.717) is 6.04 Å². The topological polar surface area (TPSA) is 66.9 Å². The van der Waals surface area contributed by atoms with E-state index < -0.39 is 0 Å². The minimum atomic E-state index is 0.148. The molecule has 2 N–H and O–H groups in total. The van der Waals surface area contributed by atoms with Crippen LogP contribution in [0.1, 0.15) is 36.1 Å². The maximum absolute atomic E-state index is 12.3. The molecule has 6 heteroatoms. The summed E-state index contributed by atoms with van der Waals surface area (Å²) in [5.41, 5.74) is 1.32. The molecule has 0 aliphatic heterocycles. The smallest absolute Gasteiger partial charge is 0.223 e. The molecule has 2 aromatic rings. The molecule has 1 amide bonds. The first-order valence-corrected chi connectivity index (χ1v) is 9.43. The maximum Gasteiger partial charge on any atom is 0.223 e. The lowest BCUT2D eigenvalue weighted by atomic mass is 9.85. The highest BCUT2D eigenvalue weighted by molar-refractivity contribution is 7.10. The highest BCUT2D eigenvalue weighted by Gasteiger charge is 2.26. The molecule has 1 aliphatic rings. The van der Waals surface area contributed by atoms with Crippen LogP contribution in [0.2, 0.25) is 0 Å². The summed E-state index contributed by atoms with van der Waals surface area (Å²) in [6, 6.07) is 2.52. The van der Waals surface area contributed by atoms with Crippen molar-refractivity contribution in [1.82, 2.24) is 15.3 Å². The fraction of sp³-hybridized carbons (Fsp3) is 0.500. The fourth-order valence-electron chi connectivity index (χ4n) is 3.19. The summed E-state index contributed by atoms with van der Waals surface area (Å²) < 4.78 is 0. The average molecular weight is 344 g/mol. The van der Waals surface area contributed by atoms with Crippen molar-refractivity contribution < 1.29 is 4.79 Å². The van der Waals surface area contributed by atoms with Crippen LogP contribution in [0, 0.1) is 12.8 Å². The van der Waals surface area contributed by atoms with Crippen molar-refractivity contribution in [2.45, 2.75) is 45.1 Å². The summed E-state index contributed by atoms with van der Waals surface area (Å²) in [6.45, 7) is 2.86. The molecule has 2 heterocycles. The highest BCUT2D eigenvalue weighted by Crippen LogP contribution is 2.26. The third-order valence-corrected chi connectivity index (χ3v) is 5.72. The minimum absolute atomic E-state index is 0.148. The molecule has 0 unspecified atom stereocenters. The number of carbonyl (C=O) groups is 1. The van der Waals surface area contributed by atoms with E-state index in [2.05, 4.69) is 39.0 Å². The van der Waals surface area contributed by atoms with Crippen LogP contribution < -0.4 is 10.6 Å². The molecule has 0 radical (unpaired) electrons. The molecular weight excluding hydrogens is 320 g/mol. The molecular formula is C18H24N4OS. The van der Waals surface area contributed by atoms with Crippen molar-refractivity contribution in [3.63, 3.8) is 0 Å². The summed E-state index contributed by atoms with van der Waals surface area (Å²) in [7, 11) is 0. The second-order valence-electron chi connectivity index (χ2n) is 6.35. The van der Waals surface area contributed by atoms with Gasteiger partial charge in [-0.2, -0.15) is 0 Å². The van der Waals surface area contributed by atoms with E-state index in [9.17, 15) is 4.79 Å². The van der Waals surface area contributed by atoms with Crippen LogP contribution in [0.4, 0.5) is 5.82 Å². The normalized spacial score (nSPS) is 20.5. The van der Waals surface area contributed by atoms with E-state index in [-0.39, 0.29) is 11.8 Å². The van der Waals surface area contributed by atoms with Gasteiger partial charge in [0.2, 0.25) is 5.91 Å². The zero-order chi connectivity index (χ0) is 16.8. The summed E-state index contributed by atoms with van der Waals surface area (Å²) >= 11 is 1.77. The lowest BCUT2D eigenvalue weighted by Gasteiger charge is -2.28. The van der Waals surface area contributed by atoms with E-state index in [1.165, 1.54) is 10.4 Å². The SMILES string of the molecule is Cc1ccsc1CCNC(=O)C1CCC(Nc2cnccn2)CC1. The van der Waals surface area contributed by atoms with E-state index in [4.69, 9.17) is 0 Å². The van der Waals surface area contributed by atoms with Crippen molar-refractivity contribution in [2.75, 3.05) is 11.9 Å². The fourth-order valence-corrected chi connectivity index (χ4v) is 4.10. The first-order chi connectivity index (χ1) is 11.7. The number of aromatic nitrogens is 2. The van der Waals surface area contributed by atoms with Gasteiger partial charge in [0, 0.05) is 35.8 Å². The largest absolute Gasteiger partial charge is 0.366 e. The number of amides is 1. The third kappa shape index (κ3) is 4.54. The Labute approximate surface area is 146 Å². The number of nitrogens with one attached hydrogen (secondary N) is 2. The van der Waals surface area contributed by atoms with Gasteiger partial charge in [0.1, 0.15) is 5.82 Å². The van der Waals surface area contributed by atoms with Crippen LogP contribution >= 0.6 is 11.3 Å². The van der Waals surface area contributed by atoms with Crippen LogP contribution in [0.5, 0.6) is 0 Å². The van der Waals surface area contributed by atoms with Gasteiger partial charge in [-0.05, 0) is 56.0 Å². The Bertz CT molecular complexity index is 650. The molecule has 1 aliphatic carbocycles. The lowest BCUT2D eigenvalue weighted by Crippen LogP contribution is -2.36. The van der Waals surface area contributed by atoms with Gasteiger partial charge in [-0.25, -0.2) is 4.98 Å². The molecule has 1 fully saturated rings. The summed E-state index contributed by atoms with van der Waals surface area (Å²) in [5.74, 6) is 1.17. The number of anilines is 1. The minimum Gasteiger partial charge on any atom is -0.366 e. The quantitative estimate of drug-likeness (QED) is 0.845. The Morgan fingerprint density at radius 2 is 2.12 bits per heavy atom. The van der Waals surface area contributed by atoms with Crippen LogP contribution in [0.3, 0.4) is 0 Å². The lowest BCUT2D eigenvalue weighted by molar-refractivity contribution is -0.125. The first kappa shape index (κ1) is 16.9. The van der Waals surface area contributed by atoms with Gasteiger partial charge in [-0.15, -0.1) is 11.3 Å². The first-order valence-electron chi connectivity index (χ1n) is 8.55. The Hall–Kier alpha value is -1.95. The van der Waals surface area contributed by atoms with E-state index in [0.717, 1.165) is 44.5 Å². The van der Waals surface area contributed by atoms with Crippen molar-refractivity contribution in [3.05, 3.63) is 40.5 Å². The standard InChI is InChI=1S/C18H24N4OS/c1-13-7-11-24-16(13)6-8-21-18(23)14-2-4-15(5-3-14)22-17-12-19-9-10-20-17/h7,9-12,14-15H,2-6,8H2,1H3,(H,20,22)(H,21,23). The Kier molecular flexibility index (Phi) is 5.80. The second kappa shape index (κ2) is 8.24. The van der Waals surface area contributed by atoms with Gasteiger partial charge >= 0.3 is 0 Å². The number of hydrogen-bond acceptors (Lipinski definition) is 5. The Balaban J connectivity index is 1.38. The summed E-state index contributed by atoms with van der Waals surface area (Å²) in [6.07, 6.45) is 9.89. The van der Waals surface area contributed by atoms with Crippen LogP contribution in [-0.4, -0.2) is 28.5 Å². The molecule has 0 aromatic carbocycles. The molecule has 0 atom stereocenters. The molecule has 5 nitrogen and oxygen atoms in total. The van der Waals surface area contributed by atoms with Crippen molar-refractivity contribution in [2.24, 2.45) is 5.92 Å². The molecule has 0 bridgehead atoms. The molecule has 24 heavy (non-hydrogen) atoms. The van der Waals surface area contributed by atoms with Crippen molar-refractivity contribution in [3.8, 4) is 0 Å². The van der Waals surface area contributed by atoms with Gasteiger partial charge in [0.15, 0.2) is 0 Å². The van der Waals surface area contributed by atoms with Crippen LogP contribution in [0.25, 0.3) is 0 Å². The number of hydrogen-bond donors (Lipinski definition) is 2. The predicted molar refractivity (Wildman–Crippen MR) is 97.2 cm³/mol. The zero-order valence-electron chi connectivity index (χ0n) is 14.0. The Morgan fingerprint density at radius 3 is 2.79 bits per heavy atom. The number of aryl methyl sites for hydroxylation is 1. The van der Waals surface area contributed by atoms with E-state index >= 15 is 0 Å². The highest BCUT2D eigenvalue weighted by atomic mass is 32.1. The number of carbonyl (C=O) groups excluding carboxylic acids is 1. The van der Waals surface area contributed by atoms with Gasteiger partial charge in [0.25, 0.3) is 0 Å². The molecule has 128 valence electrons. The number of rotatable bonds is 6. The van der Waals surface area contributed by atoms with Gasteiger partial charge in [-0.1, -0.05) is 0 Å². The van der Waals surface area contributed by atoms with Gasteiger partial charge in [-0.3, -0.25) is 9.78 Å². The molecule has 2 aromatic heterocycles. The zero-order valence-corrected chi connectivity index (χ0v) is 14.8. The van der Waals surface area contributed by atoms with Crippen LogP contribution in [0.15, 0.2) is 30.0 Å². The molecule has 3 rings (SSSR count). The maximum atomic E-state index is 12.3. The third-order valence-electron chi connectivity index (χ3n) is 4.63. The number of thiophene rings is 1. The van der Waals surface area contributed by atoms with E-state index in [1.54, 1.807) is 29.9 Å². The van der Waals surface area contributed by atoms with Gasteiger partial charge in [0.05, 0.1) is 6.20 Å². The van der Waals surface area contributed by atoms with Crippen molar-refractivity contribution >= 4 is 23.1 Å². The van der Waals surface area contributed by atoms with E-state index in [1.807, 2.05) is 0 Å². The summed E-state index contributed by atoms with van der Waals surface area (Å²) in [4.78, 5) is 22.0. The molecule has 1 saturated carbocycles. The monoisotopic (exact) mass is 344 g/mol. The summed E-state index contributed by atoms with van der Waals surface area (Å²) in [5, 5.41) is 8.62. The number of nitrogens with zero attached hydrogens (tertiary/aromatic N) is 2. The van der Waals surface area contributed by atoms with Crippen LogP contribution in [-0.2, 0) is 11.2 Å². The Morgan fingerprint density at radius 1 is 1.29 bits per heavy atom. The second-order valence-corrected chi connectivity index (χ2v) is 7.35. The predicted octanol–water partition coefficient (Wildman–Crippen LogP) is 3.18.